The first-order valence-corrected chi connectivity index (χ1v) is 7.26. The highest BCUT2D eigenvalue weighted by Crippen LogP contribution is 2.37. The van der Waals surface area contributed by atoms with Gasteiger partial charge < -0.3 is 15.3 Å². The standard InChI is InChI=1S/C14H26N2O3/c1-4-11(12(17)18)15-13(19)16-9-7-14(5-2,6-3)8-10-16/h11H,4-10H2,1-3H3,(H,15,19)(H,17,18)/t11-/m1/s1. The smallest absolute Gasteiger partial charge is 0.326 e. The van der Waals surface area contributed by atoms with Crippen LogP contribution in [-0.4, -0.2) is 41.1 Å². The van der Waals surface area contributed by atoms with Crippen LogP contribution in [-0.2, 0) is 4.79 Å². The molecule has 110 valence electrons. The van der Waals surface area contributed by atoms with E-state index in [-0.39, 0.29) is 6.03 Å². The van der Waals surface area contributed by atoms with Crippen LogP contribution < -0.4 is 5.32 Å². The predicted molar refractivity (Wildman–Crippen MR) is 74.1 cm³/mol. The molecule has 0 bridgehead atoms. The molecular weight excluding hydrogens is 244 g/mol. The number of carboxylic acids is 1. The lowest BCUT2D eigenvalue weighted by atomic mass is 9.74. The number of carbonyl (C=O) groups excluding carboxylic acids is 1. The minimum atomic E-state index is -0.968. The van der Waals surface area contributed by atoms with Gasteiger partial charge in [-0.15, -0.1) is 0 Å². The second kappa shape index (κ2) is 6.78. The van der Waals surface area contributed by atoms with Crippen LogP contribution in [0.3, 0.4) is 0 Å². The van der Waals surface area contributed by atoms with E-state index in [4.69, 9.17) is 5.11 Å². The molecule has 0 aliphatic carbocycles. The summed E-state index contributed by atoms with van der Waals surface area (Å²) < 4.78 is 0. The molecule has 0 aromatic rings. The number of nitrogens with zero attached hydrogens (tertiary/aromatic N) is 1. The van der Waals surface area contributed by atoms with Crippen molar-refractivity contribution in [1.82, 2.24) is 10.2 Å². The Hall–Kier alpha value is -1.26. The monoisotopic (exact) mass is 270 g/mol. The number of rotatable bonds is 5. The molecule has 2 N–H and O–H groups in total. The first kappa shape index (κ1) is 15.8. The summed E-state index contributed by atoms with van der Waals surface area (Å²) in [7, 11) is 0. The maximum atomic E-state index is 12.0. The third-order valence-corrected chi connectivity index (χ3v) is 4.62. The number of nitrogens with one attached hydrogen (secondary N) is 1. The molecule has 1 heterocycles. The van der Waals surface area contributed by atoms with Crippen LogP contribution in [0, 0.1) is 5.41 Å². The normalized spacial score (nSPS) is 19.8. The Balaban J connectivity index is 2.51. The van der Waals surface area contributed by atoms with Gasteiger partial charge in [-0.05, 0) is 24.7 Å². The second-order valence-corrected chi connectivity index (χ2v) is 5.44. The number of carboxylic acid groups (broad SMARTS) is 1. The van der Waals surface area contributed by atoms with Crippen LogP contribution in [0.1, 0.15) is 52.9 Å². The van der Waals surface area contributed by atoms with Crippen molar-refractivity contribution < 1.29 is 14.7 Å². The Morgan fingerprint density at radius 3 is 2.11 bits per heavy atom. The van der Waals surface area contributed by atoms with Gasteiger partial charge >= 0.3 is 12.0 Å². The Bertz CT molecular complexity index is 317. The van der Waals surface area contributed by atoms with Crippen molar-refractivity contribution in [2.45, 2.75) is 58.9 Å². The topological polar surface area (TPSA) is 69.6 Å². The van der Waals surface area contributed by atoms with Crippen LogP contribution in [0.25, 0.3) is 0 Å². The summed E-state index contributed by atoms with van der Waals surface area (Å²) in [6.45, 7) is 7.62. The first-order valence-electron chi connectivity index (χ1n) is 7.26. The number of urea groups is 1. The van der Waals surface area contributed by atoms with E-state index in [9.17, 15) is 9.59 Å². The molecule has 1 rings (SSSR count). The molecule has 1 saturated heterocycles. The predicted octanol–water partition coefficient (Wildman–Crippen LogP) is 2.46. The first-order chi connectivity index (χ1) is 8.98. The van der Waals surface area contributed by atoms with E-state index in [1.54, 1.807) is 11.8 Å². The minimum absolute atomic E-state index is 0.241. The summed E-state index contributed by atoms with van der Waals surface area (Å²) in [5.41, 5.74) is 0.369. The van der Waals surface area contributed by atoms with Crippen LogP contribution in [0.2, 0.25) is 0 Å². The lowest BCUT2D eigenvalue weighted by Gasteiger charge is -2.41. The maximum Gasteiger partial charge on any atom is 0.326 e. The molecule has 19 heavy (non-hydrogen) atoms. The summed E-state index contributed by atoms with van der Waals surface area (Å²) in [6.07, 6.45) is 4.72. The van der Waals surface area contributed by atoms with Crippen LogP contribution in [0.15, 0.2) is 0 Å². The molecule has 5 heteroatoms. The van der Waals surface area contributed by atoms with Crippen molar-refractivity contribution in [3.05, 3.63) is 0 Å². The van der Waals surface area contributed by atoms with Gasteiger partial charge in [-0.2, -0.15) is 0 Å². The van der Waals surface area contributed by atoms with Crippen molar-refractivity contribution in [3.63, 3.8) is 0 Å². The summed E-state index contributed by atoms with van der Waals surface area (Å²) >= 11 is 0. The molecule has 0 unspecified atom stereocenters. The number of likely N-dealkylation sites (tertiary alicyclic amines) is 1. The molecule has 1 aliphatic heterocycles. The van der Waals surface area contributed by atoms with E-state index in [0.29, 0.717) is 11.8 Å². The van der Waals surface area contributed by atoms with E-state index >= 15 is 0 Å². The number of hydrogen-bond acceptors (Lipinski definition) is 2. The van der Waals surface area contributed by atoms with E-state index in [2.05, 4.69) is 19.2 Å². The van der Waals surface area contributed by atoms with Gasteiger partial charge in [-0.1, -0.05) is 33.6 Å². The quantitative estimate of drug-likeness (QED) is 0.806. The van der Waals surface area contributed by atoms with Crippen molar-refractivity contribution in [3.8, 4) is 0 Å². The average Bonchev–Trinajstić information content (AvgIpc) is 2.44. The number of piperidine rings is 1. The van der Waals surface area contributed by atoms with Crippen molar-refractivity contribution in [1.29, 1.82) is 0 Å². The molecule has 0 aromatic carbocycles. The van der Waals surface area contributed by atoms with Gasteiger partial charge in [0, 0.05) is 13.1 Å². The molecular formula is C14H26N2O3. The SMILES string of the molecule is CC[C@@H](NC(=O)N1CCC(CC)(CC)CC1)C(=O)O. The fraction of sp³-hybridized carbons (Fsp3) is 0.857. The minimum Gasteiger partial charge on any atom is -0.480 e. The third-order valence-electron chi connectivity index (χ3n) is 4.62. The number of hydrogen-bond donors (Lipinski definition) is 2. The molecule has 2 amide bonds. The largest absolute Gasteiger partial charge is 0.480 e. The van der Waals surface area contributed by atoms with Gasteiger partial charge in [0.2, 0.25) is 0 Å². The lowest BCUT2D eigenvalue weighted by molar-refractivity contribution is -0.139. The summed E-state index contributed by atoms with van der Waals surface area (Å²) in [5.74, 6) is -0.968. The zero-order chi connectivity index (χ0) is 14.5. The van der Waals surface area contributed by atoms with Crippen molar-refractivity contribution >= 4 is 12.0 Å². The van der Waals surface area contributed by atoms with Gasteiger partial charge in [0.1, 0.15) is 6.04 Å². The zero-order valence-electron chi connectivity index (χ0n) is 12.2. The highest BCUT2D eigenvalue weighted by atomic mass is 16.4. The maximum absolute atomic E-state index is 12.0. The molecule has 0 radical (unpaired) electrons. The van der Waals surface area contributed by atoms with Gasteiger partial charge in [0.25, 0.3) is 0 Å². The summed E-state index contributed by atoms with van der Waals surface area (Å²) in [4.78, 5) is 24.7. The number of aliphatic carboxylic acids is 1. The molecule has 1 fully saturated rings. The van der Waals surface area contributed by atoms with Gasteiger partial charge in [-0.25, -0.2) is 9.59 Å². The Labute approximate surface area is 115 Å². The van der Waals surface area contributed by atoms with Crippen LogP contribution in [0.4, 0.5) is 4.79 Å². The van der Waals surface area contributed by atoms with E-state index in [0.717, 1.165) is 38.8 Å². The second-order valence-electron chi connectivity index (χ2n) is 5.44. The van der Waals surface area contributed by atoms with Crippen LogP contribution >= 0.6 is 0 Å². The summed E-state index contributed by atoms with van der Waals surface area (Å²) in [5, 5.41) is 11.5. The highest BCUT2D eigenvalue weighted by molar-refractivity contribution is 5.82. The Morgan fingerprint density at radius 1 is 1.21 bits per heavy atom. The molecule has 0 saturated carbocycles. The van der Waals surface area contributed by atoms with Gasteiger partial charge in [0.05, 0.1) is 0 Å². The highest BCUT2D eigenvalue weighted by Gasteiger charge is 2.33. The van der Waals surface area contributed by atoms with Crippen molar-refractivity contribution in [2.24, 2.45) is 5.41 Å². The third kappa shape index (κ3) is 3.85. The van der Waals surface area contributed by atoms with E-state index in [1.807, 2.05) is 0 Å². The Kier molecular flexibility index (Phi) is 5.63. The molecule has 1 atom stereocenters. The molecule has 1 aliphatic rings. The molecule has 5 nitrogen and oxygen atoms in total. The number of carbonyl (C=O) groups is 2. The Morgan fingerprint density at radius 2 is 1.74 bits per heavy atom. The van der Waals surface area contributed by atoms with Gasteiger partial charge in [0.15, 0.2) is 0 Å². The van der Waals surface area contributed by atoms with E-state index in [1.165, 1.54) is 0 Å². The molecule has 0 spiro atoms. The van der Waals surface area contributed by atoms with Crippen LogP contribution in [0.5, 0.6) is 0 Å². The van der Waals surface area contributed by atoms with E-state index < -0.39 is 12.0 Å². The van der Waals surface area contributed by atoms with Crippen molar-refractivity contribution in [2.75, 3.05) is 13.1 Å². The lowest BCUT2D eigenvalue weighted by Crippen LogP contribution is -2.51. The fourth-order valence-corrected chi connectivity index (χ4v) is 2.72. The summed E-state index contributed by atoms with van der Waals surface area (Å²) in [6, 6.07) is -1.02. The molecule has 0 aromatic heterocycles. The average molecular weight is 270 g/mol. The van der Waals surface area contributed by atoms with Gasteiger partial charge in [-0.3, -0.25) is 0 Å². The number of amides is 2. The fourth-order valence-electron chi connectivity index (χ4n) is 2.72. The zero-order valence-corrected chi connectivity index (χ0v) is 12.2.